The number of ether oxygens (including phenoxy) is 1. The highest BCUT2D eigenvalue weighted by Gasteiger charge is 2.34. The van der Waals surface area contributed by atoms with E-state index < -0.39 is 6.09 Å². The Morgan fingerprint density at radius 3 is 1.45 bits per heavy atom. The highest BCUT2D eigenvalue weighted by molar-refractivity contribution is 5.64. The zero-order valence-corrected chi connectivity index (χ0v) is 21.5. The van der Waals surface area contributed by atoms with Crippen LogP contribution >= 0.6 is 0 Å². The monoisotopic (exact) mass is 438 g/mol. The molecule has 185 valence electrons. The first kappa shape index (κ1) is 30.3. The van der Waals surface area contributed by atoms with E-state index in [0.29, 0.717) is 0 Å². The highest BCUT2D eigenvalue weighted by atomic mass is 16.6. The molecule has 0 aliphatic rings. The van der Waals surface area contributed by atoms with Crippen molar-refractivity contribution < 1.29 is 9.53 Å². The maximum atomic E-state index is 11.4. The average molecular weight is 439 g/mol. The zero-order chi connectivity index (χ0) is 23.2. The quantitative estimate of drug-likeness (QED) is 0.161. The summed E-state index contributed by atoms with van der Waals surface area (Å²) in [6.07, 6.45) is 26.1. The fourth-order valence-corrected chi connectivity index (χ4v) is 4.60. The Hall–Kier alpha value is -0.730. The summed E-state index contributed by atoms with van der Waals surface area (Å²) in [5, 5.41) is 0. The highest BCUT2D eigenvalue weighted by Crippen LogP contribution is 2.36. The molecule has 3 heteroatoms. The average Bonchev–Trinajstić information content (AvgIpc) is 2.76. The molecule has 0 aliphatic carbocycles. The molecular weight excluding hydrogens is 382 g/mol. The van der Waals surface area contributed by atoms with Gasteiger partial charge in [0.1, 0.15) is 6.10 Å². The summed E-state index contributed by atoms with van der Waals surface area (Å²) in [4.78, 5) is 11.4. The molecule has 0 spiro atoms. The lowest BCUT2D eigenvalue weighted by Gasteiger charge is -2.36. The smallest absolute Gasteiger partial charge is 0.404 e. The standard InChI is InChI=1S/C28H56NO2/c1-5-8-10-11-12-13-14-15-16-17-18-19-20-21-22-23-24-26(31-27(29)30)28(4,7-3)25-9-6-2/h26H,4-25H2,1-3H3,(H2,29,30). The van der Waals surface area contributed by atoms with Gasteiger partial charge in [0.15, 0.2) is 0 Å². The number of carbonyl (C=O) groups is 1. The maximum Gasteiger partial charge on any atom is 0.404 e. The molecule has 0 saturated heterocycles. The number of rotatable bonds is 23. The first-order valence-corrected chi connectivity index (χ1v) is 13.8. The third-order valence-electron chi connectivity index (χ3n) is 6.99. The second kappa shape index (κ2) is 21.1. The van der Waals surface area contributed by atoms with E-state index in [1.54, 1.807) is 0 Å². The van der Waals surface area contributed by atoms with Crippen LogP contribution in [0.2, 0.25) is 0 Å². The van der Waals surface area contributed by atoms with Crippen LogP contribution in [0.25, 0.3) is 0 Å². The van der Waals surface area contributed by atoms with Gasteiger partial charge in [-0.15, -0.1) is 0 Å². The van der Waals surface area contributed by atoms with Gasteiger partial charge >= 0.3 is 6.09 Å². The summed E-state index contributed by atoms with van der Waals surface area (Å²) >= 11 is 0. The molecule has 0 rings (SSSR count). The second-order valence-corrected chi connectivity index (χ2v) is 9.84. The van der Waals surface area contributed by atoms with Crippen LogP contribution in [0.15, 0.2) is 0 Å². The third-order valence-corrected chi connectivity index (χ3v) is 6.99. The van der Waals surface area contributed by atoms with Gasteiger partial charge in [-0.2, -0.15) is 0 Å². The lowest BCUT2D eigenvalue weighted by Crippen LogP contribution is -2.37. The van der Waals surface area contributed by atoms with Gasteiger partial charge in [0.2, 0.25) is 0 Å². The molecule has 1 radical (unpaired) electrons. The molecule has 0 aromatic heterocycles. The molecule has 31 heavy (non-hydrogen) atoms. The molecule has 2 unspecified atom stereocenters. The molecule has 0 aromatic carbocycles. The Morgan fingerprint density at radius 1 is 0.710 bits per heavy atom. The van der Waals surface area contributed by atoms with E-state index in [0.717, 1.165) is 38.5 Å². The van der Waals surface area contributed by atoms with E-state index >= 15 is 0 Å². The lowest BCUT2D eigenvalue weighted by molar-refractivity contribution is 0.0173. The van der Waals surface area contributed by atoms with Crippen LogP contribution in [-0.2, 0) is 4.74 Å². The van der Waals surface area contributed by atoms with Gasteiger partial charge in [0.05, 0.1) is 0 Å². The topological polar surface area (TPSA) is 52.3 Å². The minimum Gasteiger partial charge on any atom is -0.446 e. The fraction of sp³-hybridized carbons (Fsp3) is 0.929. The summed E-state index contributed by atoms with van der Waals surface area (Å²) in [7, 11) is 0. The van der Waals surface area contributed by atoms with Crippen molar-refractivity contribution in [2.45, 2.75) is 162 Å². The molecule has 0 aromatic rings. The molecular formula is C28H56NO2. The van der Waals surface area contributed by atoms with Crippen molar-refractivity contribution in [3.63, 3.8) is 0 Å². The summed E-state index contributed by atoms with van der Waals surface area (Å²) in [6, 6.07) is 0. The van der Waals surface area contributed by atoms with E-state index in [-0.39, 0.29) is 11.5 Å². The van der Waals surface area contributed by atoms with Crippen molar-refractivity contribution in [2.24, 2.45) is 11.1 Å². The fourth-order valence-electron chi connectivity index (χ4n) is 4.60. The normalized spacial score (nSPS) is 14.3. The molecule has 0 fully saturated rings. The van der Waals surface area contributed by atoms with Crippen molar-refractivity contribution in [3.05, 3.63) is 6.92 Å². The molecule has 2 N–H and O–H groups in total. The number of carbonyl (C=O) groups excluding carboxylic acids is 1. The van der Waals surface area contributed by atoms with Crippen LogP contribution in [0.1, 0.15) is 156 Å². The molecule has 2 atom stereocenters. The predicted octanol–water partition coefficient (Wildman–Crippen LogP) is 9.52. The Bertz CT molecular complexity index is 398. The first-order valence-electron chi connectivity index (χ1n) is 13.8. The van der Waals surface area contributed by atoms with Crippen molar-refractivity contribution in [1.82, 2.24) is 0 Å². The molecule has 3 nitrogen and oxygen atoms in total. The number of hydrogen-bond donors (Lipinski definition) is 1. The van der Waals surface area contributed by atoms with Crippen LogP contribution in [0.3, 0.4) is 0 Å². The summed E-state index contributed by atoms with van der Waals surface area (Å²) in [6.45, 7) is 11.1. The Kier molecular flexibility index (Phi) is 20.6. The van der Waals surface area contributed by atoms with Crippen molar-refractivity contribution in [2.75, 3.05) is 0 Å². The molecule has 0 bridgehead atoms. The minimum atomic E-state index is -0.653. The molecule has 1 amide bonds. The van der Waals surface area contributed by atoms with Gasteiger partial charge in [-0.25, -0.2) is 4.79 Å². The van der Waals surface area contributed by atoms with Crippen molar-refractivity contribution in [3.8, 4) is 0 Å². The number of amides is 1. The van der Waals surface area contributed by atoms with Crippen molar-refractivity contribution in [1.29, 1.82) is 0 Å². The lowest BCUT2D eigenvalue weighted by atomic mass is 9.75. The number of primary amides is 1. The summed E-state index contributed by atoms with van der Waals surface area (Å²) in [5.74, 6) is 0. The van der Waals surface area contributed by atoms with E-state index in [9.17, 15) is 4.79 Å². The third kappa shape index (κ3) is 17.5. The van der Waals surface area contributed by atoms with Gasteiger partial charge in [0.25, 0.3) is 0 Å². The Labute approximate surface area is 195 Å². The Balaban J connectivity index is 3.72. The van der Waals surface area contributed by atoms with Gasteiger partial charge in [-0.3, -0.25) is 0 Å². The maximum absolute atomic E-state index is 11.4. The largest absolute Gasteiger partial charge is 0.446 e. The zero-order valence-electron chi connectivity index (χ0n) is 21.5. The second-order valence-electron chi connectivity index (χ2n) is 9.84. The Morgan fingerprint density at radius 2 is 1.10 bits per heavy atom. The number of unbranched alkanes of at least 4 members (excludes halogenated alkanes) is 16. The number of nitrogens with two attached hydrogens (primary N) is 1. The van der Waals surface area contributed by atoms with E-state index in [1.807, 2.05) is 0 Å². The van der Waals surface area contributed by atoms with Crippen LogP contribution in [0, 0.1) is 12.3 Å². The molecule has 0 aliphatic heterocycles. The number of hydrogen-bond acceptors (Lipinski definition) is 2. The van der Waals surface area contributed by atoms with E-state index in [2.05, 4.69) is 27.7 Å². The van der Waals surface area contributed by atoms with Gasteiger partial charge < -0.3 is 10.5 Å². The van der Waals surface area contributed by atoms with E-state index in [4.69, 9.17) is 10.5 Å². The van der Waals surface area contributed by atoms with Crippen LogP contribution in [0.4, 0.5) is 4.79 Å². The minimum absolute atomic E-state index is 0.145. The summed E-state index contributed by atoms with van der Waals surface area (Å²) in [5.41, 5.74) is 5.15. The van der Waals surface area contributed by atoms with Gasteiger partial charge in [-0.05, 0) is 32.6 Å². The van der Waals surface area contributed by atoms with Crippen LogP contribution < -0.4 is 5.73 Å². The van der Waals surface area contributed by atoms with Crippen molar-refractivity contribution >= 4 is 6.09 Å². The van der Waals surface area contributed by atoms with Gasteiger partial charge in [-0.1, -0.05) is 130 Å². The molecule has 0 saturated carbocycles. The summed E-state index contributed by atoms with van der Waals surface area (Å²) < 4.78 is 5.50. The van der Waals surface area contributed by atoms with E-state index in [1.165, 1.54) is 96.3 Å². The van der Waals surface area contributed by atoms with Gasteiger partial charge in [0, 0.05) is 5.41 Å². The SMILES string of the molecule is [CH2]C(CC)(CCCC)C(CCCCCCCCCCCCCCCCCC)OC(N)=O. The van der Waals surface area contributed by atoms with Crippen LogP contribution in [-0.4, -0.2) is 12.2 Å². The first-order chi connectivity index (χ1) is 15.0. The van der Waals surface area contributed by atoms with Crippen LogP contribution in [0.5, 0.6) is 0 Å². The molecule has 0 heterocycles. The predicted molar refractivity (Wildman–Crippen MR) is 136 cm³/mol.